The van der Waals surface area contributed by atoms with Crippen LogP contribution >= 0.6 is 11.6 Å². The lowest BCUT2D eigenvalue weighted by atomic mass is 9.99. The third-order valence-corrected chi connectivity index (χ3v) is 3.06. The van der Waals surface area contributed by atoms with Crippen LogP contribution in [0.4, 0.5) is 0 Å². The number of ether oxygens (including phenoxy) is 1. The van der Waals surface area contributed by atoms with Gasteiger partial charge >= 0.3 is 5.97 Å². The van der Waals surface area contributed by atoms with E-state index in [4.69, 9.17) is 21.4 Å². The Kier molecular flexibility index (Phi) is 3.37. The molecule has 1 heterocycles. The fourth-order valence-electron chi connectivity index (χ4n) is 2.05. The number of rotatable bonds is 3. The molecule has 1 aliphatic heterocycles. The maximum absolute atomic E-state index is 11.8. The highest BCUT2D eigenvalue weighted by molar-refractivity contribution is 6.32. The fourth-order valence-corrected chi connectivity index (χ4v) is 2.33. The first kappa shape index (κ1) is 13.6. The van der Waals surface area contributed by atoms with Crippen LogP contribution < -0.4 is 4.74 Å². The van der Waals surface area contributed by atoms with Crippen molar-refractivity contribution in [3.05, 3.63) is 40.4 Å². The summed E-state index contributed by atoms with van der Waals surface area (Å²) < 4.78 is 5.70. The Hall–Kier alpha value is -1.81. The van der Waals surface area contributed by atoms with Crippen LogP contribution in [0.15, 0.2) is 24.3 Å². The van der Waals surface area contributed by atoms with Crippen molar-refractivity contribution in [1.29, 1.82) is 0 Å². The maximum atomic E-state index is 11.8. The average molecular weight is 281 g/mol. The fraction of sp³-hybridized carbons (Fsp3) is 0.286. The van der Waals surface area contributed by atoms with Crippen molar-refractivity contribution in [3.8, 4) is 5.75 Å². The molecule has 1 aliphatic rings. The van der Waals surface area contributed by atoms with Gasteiger partial charge in [0.05, 0.1) is 5.02 Å². The zero-order valence-corrected chi connectivity index (χ0v) is 11.3. The predicted molar refractivity (Wildman–Crippen MR) is 71.0 cm³/mol. The molecule has 100 valence electrons. The SMILES string of the molecule is CC1(C)Cc2cc(C(=O)/C=C/C(=O)O)cc(Cl)c2O1. The predicted octanol–water partition coefficient (Wildman–Crippen LogP) is 2.88. The van der Waals surface area contributed by atoms with Gasteiger partial charge < -0.3 is 9.84 Å². The molecule has 0 radical (unpaired) electrons. The quantitative estimate of drug-likeness (QED) is 0.683. The van der Waals surface area contributed by atoms with Crippen LogP contribution in [-0.4, -0.2) is 22.5 Å². The molecule has 4 nitrogen and oxygen atoms in total. The summed E-state index contributed by atoms with van der Waals surface area (Å²) in [6, 6.07) is 3.20. The number of hydrogen-bond acceptors (Lipinski definition) is 3. The molecule has 0 unspecified atom stereocenters. The minimum Gasteiger partial charge on any atom is -0.486 e. The second-order valence-corrected chi connectivity index (χ2v) is 5.43. The van der Waals surface area contributed by atoms with Crippen molar-refractivity contribution in [2.45, 2.75) is 25.9 Å². The van der Waals surface area contributed by atoms with Crippen molar-refractivity contribution in [1.82, 2.24) is 0 Å². The van der Waals surface area contributed by atoms with E-state index in [0.29, 0.717) is 22.8 Å². The molecule has 0 bridgehead atoms. The van der Waals surface area contributed by atoms with E-state index < -0.39 is 11.8 Å². The number of hydrogen-bond donors (Lipinski definition) is 1. The van der Waals surface area contributed by atoms with Crippen LogP contribution in [0.3, 0.4) is 0 Å². The van der Waals surface area contributed by atoms with Crippen LogP contribution in [0.1, 0.15) is 29.8 Å². The smallest absolute Gasteiger partial charge is 0.328 e. The lowest BCUT2D eigenvalue weighted by molar-refractivity contribution is -0.131. The van der Waals surface area contributed by atoms with E-state index in [1.165, 1.54) is 6.07 Å². The van der Waals surface area contributed by atoms with Crippen molar-refractivity contribution in [2.24, 2.45) is 0 Å². The van der Waals surface area contributed by atoms with Crippen molar-refractivity contribution >= 4 is 23.4 Å². The molecular formula is C14H13ClO4. The number of fused-ring (bicyclic) bond motifs is 1. The van der Waals surface area contributed by atoms with E-state index in [9.17, 15) is 9.59 Å². The van der Waals surface area contributed by atoms with E-state index in [-0.39, 0.29) is 5.60 Å². The van der Waals surface area contributed by atoms with Gasteiger partial charge in [0.15, 0.2) is 5.78 Å². The molecule has 0 amide bonds. The Morgan fingerprint density at radius 2 is 2.05 bits per heavy atom. The monoisotopic (exact) mass is 280 g/mol. The Morgan fingerprint density at radius 1 is 1.37 bits per heavy atom. The van der Waals surface area contributed by atoms with Crippen LogP contribution in [0, 0.1) is 0 Å². The highest BCUT2D eigenvalue weighted by atomic mass is 35.5. The normalized spacial score (nSPS) is 16.2. The summed E-state index contributed by atoms with van der Waals surface area (Å²) in [7, 11) is 0. The first-order valence-corrected chi connectivity index (χ1v) is 6.13. The largest absolute Gasteiger partial charge is 0.486 e. The average Bonchev–Trinajstić information content (AvgIpc) is 2.60. The Labute approximate surface area is 115 Å². The zero-order chi connectivity index (χ0) is 14.2. The number of allylic oxidation sites excluding steroid dienone is 1. The number of carboxylic acid groups (broad SMARTS) is 1. The molecule has 0 aromatic heterocycles. The van der Waals surface area contributed by atoms with Crippen LogP contribution in [0.5, 0.6) is 5.75 Å². The lowest BCUT2D eigenvalue weighted by Gasteiger charge is -2.17. The van der Waals surface area contributed by atoms with E-state index in [1.54, 1.807) is 6.07 Å². The van der Waals surface area contributed by atoms with Gasteiger partial charge in [-0.1, -0.05) is 11.6 Å². The third-order valence-electron chi connectivity index (χ3n) is 2.78. The first-order valence-electron chi connectivity index (χ1n) is 5.75. The van der Waals surface area contributed by atoms with E-state index in [1.807, 2.05) is 13.8 Å². The topological polar surface area (TPSA) is 63.6 Å². The second-order valence-electron chi connectivity index (χ2n) is 5.02. The second kappa shape index (κ2) is 4.70. The standard InChI is InChI=1S/C14H13ClO4/c1-14(2)7-9-5-8(6-10(15)13(9)19-14)11(16)3-4-12(17)18/h3-6H,7H2,1-2H3,(H,17,18)/b4-3+. The lowest BCUT2D eigenvalue weighted by Crippen LogP contribution is -2.24. The molecule has 0 atom stereocenters. The molecule has 0 spiro atoms. The minimum absolute atomic E-state index is 0.343. The van der Waals surface area contributed by atoms with Gasteiger partial charge in [0, 0.05) is 23.6 Å². The molecule has 0 fully saturated rings. The number of ketones is 1. The summed E-state index contributed by atoms with van der Waals surface area (Å²) in [5, 5.41) is 8.87. The Balaban J connectivity index is 2.34. The van der Waals surface area contributed by atoms with Gasteiger partial charge in [0.1, 0.15) is 11.4 Å². The van der Waals surface area contributed by atoms with Gasteiger partial charge in [-0.15, -0.1) is 0 Å². The molecule has 0 saturated heterocycles. The number of carbonyl (C=O) groups is 2. The van der Waals surface area contributed by atoms with E-state index in [0.717, 1.165) is 17.7 Å². The van der Waals surface area contributed by atoms with Crippen molar-refractivity contribution in [3.63, 3.8) is 0 Å². The summed E-state index contributed by atoms with van der Waals surface area (Å²) in [5.41, 5.74) is 0.886. The van der Waals surface area contributed by atoms with Crippen LogP contribution in [-0.2, 0) is 11.2 Å². The van der Waals surface area contributed by atoms with Gasteiger partial charge in [-0.25, -0.2) is 4.79 Å². The molecule has 1 aromatic rings. The number of halogens is 1. The van der Waals surface area contributed by atoms with Crippen LogP contribution in [0.25, 0.3) is 0 Å². The molecule has 0 saturated carbocycles. The minimum atomic E-state index is -1.16. The Bertz CT molecular complexity index is 587. The Morgan fingerprint density at radius 3 is 2.68 bits per heavy atom. The van der Waals surface area contributed by atoms with Gasteiger partial charge in [-0.2, -0.15) is 0 Å². The summed E-state index contributed by atoms with van der Waals surface area (Å²) in [6.45, 7) is 3.88. The summed E-state index contributed by atoms with van der Waals surface area (Å²) >= 11 is 6.09. The zero-order valence-electron chi connectivity index (χ0n) is 10.6. The van der Waals surface area contributed by atoms with Crippen LogP contribution in [0.2, 0.25) is 5.02 Å². The number of carbonyl (C=O) groups excluding carboxylic acids is 1. The number of benzene rings is 1. The number of aliphatic carboxylic acids is 1. The van der Waals surface area contributed by atoms with E-state index >= 15 is 0 Å². The van der Waals surface area contributed by atoms with E-state index in [2.05, 4.69) is 0 Å². The van der Waals surface area contributed by atoms with Gasteiger partial charge in [-0.05, 0) is 32.1 Å². The number of carboxylic acids is 1. The molecule has 0 aliphatic carbocycles. The summed E-state index contributed by atoms with van der Waals surface area (Å²) in [5.74, 6) is -0.952. The summed E-state index contributed by atoms with van der Waals surface area (Å²) in [4.78, 5) is 22.2. The molecule has 2 rings (SSSR count). The molecule has 19 heavy (non-hydrogen) atoms. The molecular weight excluding hydrogens is 268 g/mol. The van der Waals surface area contributed by atoms with Gasteiger partial charge in [0.2, 0.25) is 0 Å². The van der Waals surface area contributed by atoms with Gasteiger partial charge in [0.25, 0.3) is 0 Å². The van der Waals surface area contributed by atoms with Crippen molar-refractivity contribution in [2.75, 3.05) is 0 Å². The third kappa shape index (κ3) is 2.96. The molecule has 1 aromatic carbocycles. The summed E-state index contributed by atoms with van der Waals surface area (Å²) in [6.07, 6.45) is 2.48. The van der Waals surface area contributed by atoms with Crippen molar-refractivity contribution < 1.29 is 19.4 Å². The highest BCUT2D eigenvalue weighted by Crippen LogP contribution is 2.41. The van der Waals surface area contributed by atoms with Gasteiger partial charge in [-0.3, -0.25) is 4.79 Å². The highest BCUT2D eigenvalue weighted by Gasteiger charge is 2.32. The molecule has 1 N–H and O–H groups in total. The maximum Gasteiger partial charge on any atom is 0.328 e. The first-order chi connectivity index (χ1) is 8.78. The molecule has 5 heteroatoms.